The third-order valence-electron chi connectivity index (χ3n) is 8.48. The van der Waals surface area contributed by atoms with Gasteiger partial charge in [0, 0.05) is 24.9 Å². The van der Waals surface area contributed by atoms with Crippen LogP contribution in [0.15, 0.2) is 54.7 Å². The average Bonchev–Trinajstić information content (AvgIpc) is 3.27. The number of pyridine rings is 1. The Labute approximate surface area is 247 Å². The lowest BCUT2D eigenvalue weighted by atomic mass is 9.81. The first-order chi connectivity index (χ1) is 20.1. The van der Waals surface area contributed by atoms with Gasteiger partial charge in [-0.2, -0.15) is 0 Å². The van der Waals surface area contributed by atoms with E-state index in [4.69, 9.17) is 10.5 Å². The highest BCUT2D eigenvalue weighted by atomic mass is 19.3. The zero-order valence-electron chi connectivity index (χ0n) is 24.8. The predicted molar refractivity (Wildman–Crippen MR) is 160 cm³/mol. The number of hydrogen-bond donors (Lipinski definition) is 2. The largest absolute Gasteiger partial charge is 0.441 e. The molecular formula is C33H44F2N4O3. The first kappa shape index (κ1) is 31.4. The van der Waals surface area contributed by atoms with E-state index < -0.39 is 11.5 Å². The molecule has 1 saturated carbocycles. The molecule has 1 aliphatic heterocycles. The van der Waals surface area contributed by atoms with Crippen molar-refractivity contribution in [1.82, 2.24) is 15.2 Å². The topological polar surface area (TPSA) is 97.5 Å². The Morgan fingerprint density at radius 1 is 1.14 bits per heavy atom. The molecule has 2 heterocycles. The van der Waals surface area contributed by atoms with Crippen LogP contribution in [0.25, 0.3) is 0 Å². The van der Waals surface area contributed by atoms with Crippen molar-refractivity contribution in [2.45, 2.75) is 89.7 Å². The summed E-state index contributed by atoms with van der Waals surface area (Å²) in [4.78, 5) is 31.7. The summed E-state index contributed by atoms with van der Waals surface area (Å²) in [5.74, 6) is -2.43. The summed E-state index contributed by atoms with van der Waals surface area (Å²) in [6.45, 7) is 4.65. The molecule has 228 valence electrons. The molecule has 1 saturated heterocycles. The molecule has 1 unspecified atom stereocenters. The number of nitrogens with zero attached hydrogens (tertiary/aromatic N) is 2. The van der Waals surface area contributed by atoms with Gasteiger partial charge in [-0.25, -0.2) is 13.6 Å². The van der Waals surface area contributed by atoms with Gasteiger partial charge in [0.05, 0.1) is 30.7 Å². The van der Waals surface area contributed by atoms with Crippen molar-refractivity contribution in [2.75, 3.05) is 18.8 Å². The number of anilines is 1. The first-order valence-corrected chi connectivity index (χ1v) is 15.1. The van der Waals surface area contributed by atoms with Crippen LogP contribution in [-0.4, -0.2) is 40.6 Å². The Bertz CT molecular complexity index is 1210. The molecule has 1 aliphatic carbocycles. The Kier molecular flexibility index (Phi) is 10.6. The molecule has 9 heteroatoms. The van der Waals surface area contributed by atoms with E-state index in [0.29, 0.717) is 37.7 Å². The summed E-state index contributed by atoms with van der Waals surface area (Å²) < 4.78 is 32.9. The number of nitrogens with two attached hydrogens (primary N) is 1. The van der Waals surface area contributed by atoms with E-state index in [2.05, 4.69) is 23.3 Å². The molecule has 1 atom stereocenters. The van der Waals surface area contributed by atoms with Crippen molar-refractivity contribution in [1.29, 1.82) is 0 Å². The summed E-state index contributed by atoms with van der Waals surface area (Å²) in [7, 11) is 0. The van der Waals surface area contributed by atoms with Gasteiger partial charge in [0.15, 0.2) is 0 Å². The molecule has 2 fully saturated rings. The fourth-order valence-corrected chi connectivity index (χ4v) is 6.07. The van der Waals surface area contributed by atoms with Crippen LogP contribution in [0.1, 0.15) is 82.0 Å². The molecule has 1 aromatic carbocycles. The third-order valence-corrected chi connectivity index (χ3v) is 8.48. The molecule has 3 N–H and O–H groups in total. The van der Waals surface area contributed by atoms with Gasteiger partial charge in [-0.1, -0.05) is 49.8 Å². The minimum absolute atomic E-state index is 0.0166. The molecule has 0 spiro atoms. The summed E-state index contributed by atoms with van der Waals surface area (Å²) in [5.41, 5.74) is 7.56. The van der Waals surface area contributed by atoms with E-state index in [0.717, 1.165) is 69.5 Å². The third kappa shape index (κ3) is 8.76. The molecule has 7 nitrogen and oxygen atoms in total. The molecule has 2 aliphatic rings. The average molecular weight is 583 g/mol. The second-order valence-electron chi connectivity index (χ2n) is 12.0. The van der Waals surface area contributed by atoms with Crippen molar-refractivity contribution in [3.8, 4) is 0 Å². The first-order valence-electron chi connectivity index (χ1n) is 15.1. The van der Waals surface area contributed by atoms with Crippen molar-refractivity contribution >= 4 is 17.7 Å². The smallest absolute Gasteiger partial charge is 0.410 e. The number of amides is 2. The van der Waals surface area contributed by atoms with Gasteiger partial charge in [0.25, 0.3) is 5.92 Å². The Balaban J connectivity index is 1.20. The summed E-state index contributed by atoms with van der Waals surface area (Å²) in [6, 6.07) is 10.0. The van der Waals surface area contributed by atoms with Gasteiger partial charge < -0.3 is 20.7 Å². The van der Waals surface area contributed by atoms with Crippen LogP contribution in [0.3, 0.4) is 0 Å². The monoisotopic (exact) mass is 582 g/mol. The lowest BCUT2D eigenvalue weighted by molar-refractivity contribution is -0.126. The SMILES string of the molecule is CCCC1(CC/C=C\Cc2ccc(C(C)(F)F)cc2)CN(CC2CCC(C(=O)NCc3ccc(N)cn3)CC2)C(=O)O1. The Morgan fingerprint density at radius 3 is 2.52 bits per heavy atom. The van der Waals surface area contributed by atoms with Crippen LogP contribution < -0.4 is 11.1 Å². The second kappa shape index (κ2) is 14.1. The van der Waals surface area contributed by atoms with Crippen LogP contribution in [-0.2, 0) is 28.4 Å². The number of hydrogen-bond acceptors (Lipinski definition) is 5. The molecule has 0 radical (unpaired) electrons. The van der Waals surface area contributed by atoms with E-state index >= 15 is 0 Å². The number of aromatic nitrogens is 1. The maximum atomic E-state index is 13.4. The highest BCUT2D eigenvalue weighted by molar-refractivity contribution is 5.78. The summed E-state index contributed by atoms with van der Waals surface area (Å²) in [6.07, 6.45) is 12.8. The summed E-state index contributed by atoms with van der Waals surface area (Å²) >= 11 is 0. The highest BCUT2D eigenvalue weighted by Gasteiger charge is 2.44. The zero-order chi connectivity index (χ0) is 30.2. The number of rotatable bonds is 13. The van der Waals surface area contributed by atoms with Crippen molar-refractivity contribution < 1.29 is 23.1 Å². The summed E-state index contributed by atoms with van der Waals surface area (Å²) in [5, 5.41) is 2.99. The maximum absolute atomic E-state index is 13.4. The predicted octanol–water partition coefficient (Wildman–Crippen LogP) is 6.77. The maximum Gasteiger partial charge on any atom is 0.410 e. The van der Waals surface area contributed by atoms with Crippen LogP contribution in [0.2, 0.25) is 0 Å². The number of carbonyl (C=O) groups is 2. The van der Waals surface area contributed by atoms with E-state index in [-0.39, 0.29) is 23.5 Å². The van der Waals surface area contributed by atoms with Gasteiger partial charge in [0.1, 0.15) is 5.60 Å². The van der Waals surface area contributed by atoms with Crippen LogP contribution >= 0.6 is 0 Å². The molecule has 1 aromatic heterocycles. The normalized spacial score (nSPS) is 22.9. The second-order valence-corrected chi connectivity index (χ2v) is 12.0. The minimum Gasteiger partial charge on any atom is -0.441 e. The van der Waals surface area contributed by atoms with Gasteiger partial charge in [0.2, 0.25) is 5.91 Å². The number of halogens is 2. The number of alkyl halides is 2. The van der Waals surface area contributed by atoms with Crippen molar-refractivity contribution in [3.05, 3.63) is 71.6 Å². The minimum atomic E-state index is -2.83. The lowest BCUT2D eigenvalue weighted by Crippen LogP contribution is -2.38. The van der Waals surface area contributed by atoms with Crippen LogP contribution in [0.4, 0.5) is 19.3 Å². The van der Waals surface area contributed by atoms with E-state index in [1.165, 1.54) is 12.1 Å². The van der Waals surface area contributed by atoms with Gasteiger partial charge in [-0.15, -0.1) is 0 Å². The molecular weight excluding hydrogens is 538 g/mol. The number of benzene rings is 1. The van der Waals surface area contributed by atoms with Crippen LogP contribution in [0.5, 0.6) is 0 Å². The van der Waals surface area contributed by atoms with Gasteiger partial charge >= 0.3 is 6.09 Å². The van der Waals surface area contributed by atoms with Crippen LogP contribution in [0, 0.1) is 11.8 Å². The number of nitrogen functional groups attached to an aromatic ring is 1. The molecule has 42 heavy (non-hydrogen) atoms. The molecule has 2 amide bonds. The standard InChI is InChI=1S/C33H44F2N4O3/c1-3-18-33(19-6-4-5-7-24-10-14-27(15-11-24)32(2,34)35)23-39(31(41)42-33)22-25-8-12-26(13-9-25)30(40)38-21-29-17-16-28(36)20-37-29/h4-5,10-11,14-17,20,25-26H,3,6-9,12-13,18-19,21-23,36H2,1-2H3,(H,38,40)/b5-4-. The van der Waals surface area contributed by atoms with E-state index in [1.54, 1.807) is 24.4 Å². The number of nitrogens with one attached hydrogen (secondary N) is 1. The Hall–Kier alpha value is -3.49. The number of carbonyl (C=O) groups excluding carboxylic acids is 2. The van der Waals surface area contributed by atoms with Gasteiger partial charge in [-0.05, 0) is 75.0 Å². The molecule has 4 rings (SSSR count). The quantitative estimate of drug-likeness (QED) is 0.254. The number of ether oxygens (including phenoxy) is 1. The number of cyclic esters (lactones) is 1. The zero-order valence-corrected chi connectivity index (χ0v) is 24.8. The molecule has 0 bridgehead atoms. The van der Waals surface area contributed by atoms with E-state index in [1.807, 2.05) is 17.0 Å². The fourth-order valence-electron chi connectivity index (χ4n) is 6.07. The van der Waals surface area contributed by atoms with Gasteiger partial charge in [-0.3, -0.25) is 9.78 Å². The fraction of sp³-hybridized carbons (Fsp3) is 0.545. The lowest BCUT2D eigenvalue weighted by Gasteiger charge is -2.30. The molecule has 2 aromatic rings. The highest BCUT2D eigenvalue weighted by Crippen LogP contribution is 2.35. The van der Waals surface area contributed by atoms with Crippen molar-refractivity contribution in [2.24, 2.45) is 11.8 Å². The number of allylic oxidation sites excluding steroid dienone is 2. The van der Waals surface area contributed by atoms with E-state index in [9.17, 15) is 18.4 Å². The Morgan fingerprint density at radius 2 is 1.88 bits per heavy atom. The van der Waals surface area contributed by atoms with Crippen molar-refractivity contribution in [3.63, 3.8) is 0 Å².